The fraction of sp³-hybridized carbons (Fsp3) is 0.227. The highest BCUT2D eigenvalue weighted by molar-refractivity contribution is 9.10. The van der Waals surface area contributed by atoms with Crippen LogP contribution in [0.4, 0.5) is 30.5 Å². The van der Waals surface area contributed by atoms with Crippen LogP contribution in [-0.2, 0) is 56.8 Å². The van der Waals surface area contributed by atoms with Crippen molar-refractivity contribution in [3.63, 3.8) is 0 Å². The quantitative estimate of drug-likeness (QED) is 0.131. The number of nitrogens with two attached hydrogens (primary N) is 1. The van der Waals surface area contributed by atoms with Gasteiger partial charge in [-0.05, 0) is 66.5 Å². The number of aryl methyl sites for hydroxylation is 5. The summed E-state index contributed by atoms with van der Waals surface area (Å²) >= 11 is 16.4. The number of nitrogens with one attached hydrogen (secondary N) is 1. The minimum absolute atomic E-state index is 0.00845. The Kier molecular flexibility index (Phi) is 15.4. The molecule has 0 saturated carbocycles. The van der Waals surface area contributed by atoms with Crippen LogP contribution in [0.5, 0.6) is 23.0 Å². The highest BCUT2D eigenvalue weighted by Gasteiger charge is 2.31. The van der Waals surface area contributed by atoms with E-state index < -0.39 is 23.0 Å². The van der Waals surface area contributed by atoms with Crippen molar-refractivity contribution in [2.45, 2.75) is 39.8 Å². The molecule has 0 aromatic carbocycles. The van der Waals surface area contributed by atoms with E-state index in [4.69, 9.17) is 38.4 Å². The number of aromatic nitrogens is 10. The van der Waals surface area contributed by atoms with Gasteiger partial charge in [0.15, 0.2) is 27.5 Å². The number of Topliss-reactive ketones (excluding diaryl/α,β-unsaturated/α-hetero) is 2. The number of nitrogen functional groups attached to an aromatic ring is 1. The van der Waals surface area contributed by atoms with Crippen molar-refractivity contribution in [3.8, 4) is 23.0 Å². The molecule has 0 aliphatic rings. The molecule has 0 spiro atoms. The van der Waals surface area contributed by atoms with Crippen LogP contribution in [0.3, 0.4) is 0 Å². The van der Waals surface area contributed by atoms with Crippen molar-refractivity contribution in [1.29, 1.82) is 0 Å². The van der Waals surface area contributed by atoms with E-state index in [1.807, 2.05) is 14.0 Å². The number of nitrogens with zero attached hydrogens (tertiary/aromatic N) is 10. The Labute approximate surface area is 402 Å². The van der Waals surface area contributed by atoms with Crippen LogP contribution in [-0.4, -0.2) is 59.7 Å². The predicted molar refractivity (Wildman–Crippen MR) is 253 cm³/mol. The predicted octanol–water partition coefficient (Wildman–Crippen LogP) is 8.38. The van der Waals surface area contributed by atoms with Gasteiger partial charge in [-0.15, -0.1) is 0 Å². The number of imidazole rings is 2. The lowest BCUT2D eigenvalue weighted by Gasteiger charge is -2.10. The zero-order chi connectivity index (χ0) is 49.8. The zero-order valence-corrected chi connectivity index (χ0v) is 40.2. The largest absolute Gasteiger partial charge is 0.454 e. The first kappa shape index (κ1) is 50.2. The average Bonchev–Trinajstić information content (AvgIpc) is 3.74. The van der Waals surface area contributed by atoms with E-state index in [2.05, 4.69) is 51.2 Å². The monoisotopic (exact) mass is 1040 g/mol. The molecule has 8 aromatic heterocycles. The number of carbonyl (C=O) groups is 2. The van der Waals surface area contributed by atoms with Crippen LogP contribution in [0.1, 0.15) is 36.4 Å². The molecule has 3 N–H and O–H groups in total. The van der Waals surface area contributed by atoms with Gasteiger partial charge in [0.25, 0.3) is 11.1 Å². The van der Waals surface area contributed by atoms with Gasteiger partial charge >= 0.3 is 6.18 Å². The number of hydrogen-bond acceptors (Lipinski definition) is 14. The lowest BCUT2D eigenvalue weighted by molar-refractivity contribution is -0.138. The molecule has 0 fully saturated rings. The van der Waals surface area contributed by atoms with Crippen LogP contribution in [0, 0.1) is 6.92 Å². The lowest BCUT2D eigenvalue weighted by atomic mass is 10.2. The third-order valence-electron chi connectivity index (χ3n) is 9.55. The van der Waals surface area contributed by atoms with E-state index in [1.165, 1.54) is 37.9 Å². The van der Waals surface area contributed by atoms with Gasteiger partial charge < -0.3 is 38.8 Å². The van der Waals surface area contributed by atoms with Gasteiger partial charge in [0.2, 0.25) is 5.95 Å². The summed E-state index contributed by atoms with van der Waals surface area (Å²) in [7, 11) is 6.51. The Morgan fingerprint density at radius 1 is 0.750 bits per heavy atom. The Hall–Kier alpha value is -7.17. The van der Waals surface area contributed by atoms with Crippen molar-refractivity contribution in [1.82, 2.24) is 48.2 Å². The highest BCUT2D eigenvalue weighted by atomic mass is 79.9. The van der Waals surface area contributed by atoms with Gasteiger partial charge in [-0.25, -0.2) is 15.0 Å². The van der Waals surface area contributed by atoms with E-state index in [9.17, 15) is 32.3 Å². The maximum Gasteiger partial charge on any atom is 0.417 e. The average molecular weight is 1040 g/mol. The van der Waals surface area contributed by atoms with Crippen molar-refractivity contribution < 1.29 is 32.2 Å². The minimum Gasteiger partial charge on any atom is -0.454 e. The summed E-state index contributed by atoms with van der Waals surface area (Å²) in [6.45, 7) is 4.93. The molecule has 8 rings (SSSR count). The number of fused-ring (bicyclic) bond motifs is 2. The molecule has 24 heteroatoms. The molecule has 0 aliphatic heterocycles. The van der Waals surface area contributed by atoms with Gasteiger partial charge in [0.05, 0.1) is 35.0 Å². The summed E-state index contributed by atoms with van der Waals surface area (Å²) in [5, 5.41) is 3.81. The fourth-order valence-corrected chi connectivity index (χ4v) is 7.38. The topological polar surface area (TPSA) is 222 Å². The van der Waals surface area contributed by atoms with Gasteiger partial charge in [-0.2, -0.15) is 18.2 Å². The summed E-state index contributed by atoms with van der Waals surface area (Å²) in [5.74, 6) is 2.24. The molecule has 0 radical (unpaired) electrons. The zero-order valence-electron chi connectivity index (χ0n) is 37.1. The van der Waals surface area contributed by atoms with Crippen LogP contribution in [0.15, 0.2) is 87.9 Å². The molecule has 8 aromatic rings. The van der Waals surface area contributed by atoms with Gasteiger partial charge in [0, 0.05) is 78.0 Å². The summed E-state index contributed by atoms with van der Waals surface area (Å²) in [4.78, 5) is 71.6. The molecule has 0 saturated heterocycles. The molecular formula is C44H40BrCl2F3N12O6. The van der Waals surface area contributed by atoms with Crippen LogP contribution in [0.2, 0.25) is 10.0 Å². The first-order valence-corrected chi connectivity index (χ1v) is 21.4. The van der Waals surface area contributed by atoms with E-state index in [-0.39, 0.29) is 30.0 Å². The number of rotatable bonds is 10. The summed E-state index contributed by atoms with van der Waals surface area (Å²) < 4.78 is 54.5. The van der Waals surface area contributed by atoms with Gasteiger partial charge in [-0.3, -0.25) is 29.1 Å². The maximum absolute atomic E-state index is 12.4. The summed E-state index contributed by atoms with van der Waals surface area (Å²) in [5.41, 5.74) is 7.69. The Morgan fingerprint density at radius 3 is 1.75 bits per heavy atom. The number of hydrogen-bond donors (Lipinski definition) is 2. The maximum atomic E-state index is 12.4. The smallest absolute Gasteiger partial charge is 0.417 e. The Morgan fingerprint density at radius 2 is 1.25 bits per heavy atom. The summed E-state index contributed by atoms with van der Waals surface area (Å²) in [6, 6.07) is 9.15. The second-order valence-corrected chi connectivity index (χ2v) is 16.6. The molecule has 354 valence electrons. The minimum atomic E-state index is -4.47. The molecule has 8 heterocycles. The molecule has 0 unspecified atom stereocenters. The molecule has 0 aliphatic carbocycles. The molecular weight excluding hydrogens is 1000 g/mol. The van der Waals surface area contributed by atoms with Gasteiger partial charge in [-0.1, -0.05) is 23.2 Å². The first-order valence-electron chi connectivity index (χ1n) is 19.9. The van der Waals surface area contributed by atoms with Crippen LogP contribution < -0.4 is 31.6 Å². The number of ether oxygens (including phenoxy) is 2. The number of carbonyl (C=O) groups excluding carboxylic acids is 2. The SMILES string of the molecule is CC(=O)Cc1cc(Oc2cnc3nc(Br)n(C)c3c2Cl)ccn1.CC(=O)Cc1cc(Oc2cnc3nc(Nc4cc(C)cn(C)c4=O)n(C)c3c2Cl)ccn1.Cn1cc(C(F)(F)F)cc(N)c1=O. The molecule has 68 heavy (non-hydrogen) atoms. The number of alkyl halides is 3. The number of anilines is 3. The second-order valence-electron chi connectivity index (χ2n) is 15.1. The molecule has 18 nitrogen and oxygen atoms in total. The molecule has 0 amide bonds. The normalized spacial score (nSPS) is 11.1. The van der Waals surface area contributed by atoms with Crippen LogP contribution in [0.25, 0.3) is 22.3 Å². The standard InChI is InChI=1S/C22H21ClN6O3.C15H12BrClN4O2.C7H7F3N2O/c1-12-7-16(21(31)28(3)11-12)26-22-27-20-19(29(22)4)18(23)17(10-25-20)32-15-5-6-24-14(9-15)8-13(2)30;1-8(22)5-9-6-10(3-4-18-9)23-11-7-19-14-13(12(11)17)21(2)15(16)20-14;1-12-3-4(7(8,9)10)2-5(11)6(12)13/h5-7,9-11H,8H2,1-4H3,(H,25,26,27);3-4,6-7H,5H2,1-2H3;2-3H,11H2,1H3. The summed E-state index contributed by atoms with van der Waals surface area (Å²) in [6.07, 6.45) is 4.64. The molecule has 0 bridgehead atoms. The molecule has 0 atom stereocenters. The van der Waals surface area contributed by atoms with E-state index >= 15 is 0 Å². The van der Waals surface area contributed by atoms with E-state index in [0.29, 0.717) is 95.4 Å². The van der Waals surface area contributed by atoms with Crippen LogP contribution >= 0.6 is 39.1 Å². The Bertz CT molecular complexity index is 3330. The first-order chi connectivity index (χ1) is 32.0. The van der Waals surface area contributed by atoms with E-state index in [0.717, 1.165) is 10.1 Å². The highest BCUT2D eigenvalue weighted by Crippen LogP contribution is 2.37. The van der Waals surface area contributed by atoms with Gasteiger partial charge in [0.1, 0.15) is 49.8 Å². The van der Waals surface area contributed by atoms with Crippen molar-refractivity contribution in [2.24, 2.45) is 28.2 Å². The Balaban J connectivity index is 0.000000184. The number of pyridine rings is 6. The lowest BCUT2D eigenvalue weighted by Crippen LogP contribution is -2.22. The second kappa shape index (κ2) is 20.8. The van der Waals surface area contributed by atoms with Crippen molar-refractivity contribution in [3.05, 3.63) is 132 Å². The number of ketones is 2. The fourth-order valence-electron chi connectivity index (χ4n) is 6.43. The third kappa shape index (κ3) is 11.9. The number of halogens is 6. The van der Waals surface area contributed by atoms with Crippen molar-refractivity contribution in [2.75, 3.05) is 11.1 Å². The third-order valence-corrected chi connectivity index (χ3v) is 11.0. The van der Waals surface area contributed by atoms with Crippen molar-refractivity contribution >= 4 is 90.3 Å². The van der Waals surface area contributed by atoms with E-state index in [1.54, 1.807) is 72.2 Å².